The average Bonchev–Trinajstić information content (AvgIpc) is 2.19. The molecular formula is C14H20O3S. The molecule has 0 saturated carbocycles. The van der Waals surface area contributed by atoms with Crippen molar-refractivity contribution in [3.05, 3.63) is 34.9 Å². The van der Waals surface area contributed by atoms with Gasteiger partial charge in [0.05, 0.1) is 5.75 Å². The van der Waals surface area contributed by atoms with E-state index in [1.165, 1.54) is 0 Å². The number of benzene rings is 1. The summed E-state index contributed by atoms with van der Waals surface area (Å²) in [6, 6.07) is 5.29. The molecule has 100 valence electrons. The molecule has 0 aliphatic rings. The van der Waals surface area contributed by atoms with Gasteiger partial charge in [-0.05, 0) is 37.0 Å². The third-order valence-corrected chi connectivity index (χ3v) is 4.64. The van der Waals surface area contributed by atoms with Crippen molar-refractivity contribution in [2.45, 2.75) is 27.7 Å². The van der Waals surface area contributed by atoms with Crippen LogP contribution in [0.1, 0.15) is 35.3 Å². The monoisotopic (exact) mass is 268 g/mol. The van der Waals surface area contributed by atoms with Gasteiger partial charge < -0.3 is 0 Å². The first-order chi connectivity index (χ1) is 8.21. The standard InChI is InChI=1S/C14H20O3S/c1-10(2)8-18(16,17)9-14(15)13-6-5-11(3)12(4)7-13/h5-7,10H,8-9H2,1-4H3. The molecule has 1 rings (SSSR count). The Morgan fingerprint density at radius 1 is 1.17 bits per heavy atom. The first-order valence-corrected chi connectivity index (χ1v) is 7.84. The van der Waals surface area contributed by atoms with Crippen LogP contribution in [0.4, 0.5) is 0 Å². The summed E-state index contributed by atoms with van der Waals surface area (Å²) >= 11 is 0. The van der Waals surface area contributed by atoms with Gasteiger partial charge in [-0.15, -0.1) is 0 Å². The number of hydrogen-bond acceptors (Lipinski definition) is 3. The Hall–Kier alpha value is -1.16. The number of aryl methyl sites for hydroxylation is 2. The van der Waals surface area contributed by atoms with Crippen LogP contribution in [0.2, 0.25) is 0 Å². The minimum Gasteiger partial charge on any atom is -0.293 e. The molecule has 3 nitrogen and oxygen atoms in total. The van der Waals surface area contributed by atoms with Gasteiger partial charge in [-0.2, -0.15) is 0 Å². The molecule has 0 fully saturated rings. The summed E-state index contributed by atoms with van der Waals surface area (Å²) in [4.78, 5) is 11.9. The second-order valence-corrected chi connectivity index (χ2v) is 7.28. The number of ketones is 1. The van der Waals surface area contributed by atoms with Gasteiger partial charge in [-0.25, -0.2) is 8.42 Å². The Bertz CT molecular complexity index is 542. The lowest BCUT2D eigenvalue weighted by Gasteiger charge is -2.07. The quantitative estimate of drug-likeness (QED) is 0.771. The molecule has 0 spiro atoms. The predicted octanol–water partition coefficient (Wildman–Crippen LogP) is 2.56. The minimum absolute atomic E-state index is 0.0440. The number of sulfone groups is 1. The predicted molar refractivity (Wildman–Crippen MR) is 73.7 cm³/mol. The molecule has 0 heterocycles. The van der Waals surface area contributed by atoms with Crippen LogP contribution in [0.25, 0.3) is 0 Å². The molecule has 0 atom stereocenters. The van der Waals surface area contributed by atoms with Gasteiger partial charge in [0.1, 0.15) is 5.75 Å². The summed E-state index contributed by atoms with van der Waals surface area (Å²) in [5.74, 6) is -0.613. The molecule has 0 bridgehead atoms. The van der Waals surface area contributed by atoms with Gasteiger partial charge in [0, 0.05) is 5.56 Å². The third-order valence-electron chi connectivity index (χ3n) is 2.77. The van der Waals surface area contributed by atoms with Crippen LogP contribution in [-0.4, -0.2) is 25.7 Å². The lowest BCUT2D eigenvalue weighted by Crippen LogP contribution is -2.21. The first kappa shape index (κ1) is 14.9. The third kappa shape index (κ3) is 4.26. The molecule has 0 aliphatic carbocycles. The fourth-order valence-electron chi connectivity index (χ4n) is 1.76. The molecule has 0 aromatic heterocycles. The Labute approximate surface area is 109 Å². The van der Waals surface area contributed by atoms with Crippen molar-refractivity contribution in [1.82, 2.24) is 0 Å². The maximum atomic E-state index is 11.9. The van der Waals surface area contributed by atoms with Gasteiger partial charge in [-0.1, -0.05) is 26.0 Å². The Kier molecular flexibility index (Phi) is 4.68. The normalized spacial score (nSPS) is 11.8. The van der Waals surface area contributed by atoms with Crippen molar-refractivity contribution in [1.29, 1.82) is 0 Å². The first-order valence-electron chi connectivity index (χ1n) is 6.02. The van der Waals surface area contributed by atoms with E-state index >= 15 is 0 Å². The summed E-state index contributed by atoms with van der Waals surface area (Å²) in [6.45, 7) is 7.53. The van der Waals surface area contributed by atoms with E-state index in [0.29, 0.717) is 5.56 Å². The number of carbonyl (C=O) groups is 1. The van der Waals surface area contributed by atoms with Crippen molar-refractivity contribution < 1.29 is 13.2 Å². The van der Waals surface area contributed by atoms with Gasteiger partial charge in [0.15, 0.2) is 15.6 Å². The number of carbonyl (C=O) groups excluding carboxylic acids is 1. The summed E-state index contributed by atoms with van der Waals surface area (Å²) in [6.07, 6.45) is 0. The number of Topliss-reactive ketones (excluding diaryl/α,β-unsaturated/α-hetero) is 1. The van der Waals surface area contributed by atoms with E-state index in [9.17, 15) is 13.2 Å². The average molecular weight is 268 g/mol. The highest BCUT2D eigenvalue weighted by atomic mass is 32.2. The molecule has 0 aliphatic heterocycles. The fraction of sp³-hybridized carbons (Fsp3) is 0.500. The van der Waals surface area contributed by atoms with E-state index < -0.39 is 15.6 Å². The molecule has 1 aromatic rings. The largest absolute Gasteiger partial charge is 0.293 e. The minimum atomic E-state index is -3.30. The molecule has 4 heteroatoms. The van der Waals surface area contributed by atoms with Crippen molar-refractivity contribution >= 4 is 15.6 Å². The van der Waals surface area contributed by atoms with Crippen molar-refractivity contribution in [3.63, 3.8) is 0 Å². The summed E-state index contributed by atoms with van der Waals surface area (Å²) in [7, 11) is -3.30. The van der Waals surface area contributed by atoms with E-state index in [2.05, 4.69) is 0 Å². The maximum Gasteiger partial charge on any atom is 0.177 e. The van der Waals surface area contributed by atoms with Crippen LogP contribution >= 0.6 is 0 Å². The fourth-order valence-corrected chi connectivity index (χ4v) is 3.46. The molecule has 0 amide bonds. The summed E-state index contributed by atoms with van der Waals surface area (Å²) in [5.41, 5.74) is 2.57. The van der Waals surface area contributed by atoms with Crippen LogP contribution in [0.15, 0.2) is 18.2 Å². The smallest absolute Gasteiger partial charge is 0.177 e. The Morgan fingerprint density at radius 2 is 1.78 bits per heavy atom. The molecule has 0 saturated heterocycles. The highest BCUT2D eigenvalue weighted by Crippen LogP contribution is 2.12. The van der Waals surface area contributed by atoms with Crippen LogP contribution in [0.5, 0.6) is 0 Å². The molecular weight excluding hydrogens is 248 g/mol. The van der Waals surface area contributed by atoms with E-state index in [1.807, 2.05) is 33.8 Å². The second-order valence-electron chi connectivity index (χ2n) is 5.17. The van der Waals surface area contributed by atoms with E-state index in [1.54, 1.807) is 12.1 Å². The van der Waals surface area contributed by atoms with Crippen molar-refractivity contribution in [3.8, 4) is 0 Å². The second kappa shape index (κ2) is 5.65. The molecule has 0 unspecified atom stereocenters. The number of rotatable bonds is 5. The molecule has 0 N–H and O–H groups in total. The van der Waals surface area contributed by atoms with Gasteiger partial charge in [0.25, 0.3) is 0 Å². The van der Waals surface area contributed by atoms with E-state index in [-0.39, 0.29) is 17.5 Å². The van der Waals surface area contributed by atoms with Crippen LogP contribution in [0, 0.1) is 19.8 Å². The molecule has 1 aromatic carbocycles. The highest BCUT2D eigenvalue weighted by molar-refractivity contribution is 7.92. The SMILES string of the molecule is Cc1ccc(C(=O)CS(=O)(=O)CC(C)C)cc1C. The zero-order chi connectivity index (χ0) is 13.9. The van der Waals surface area contributed by atoms with Crippen molar-refractivity contribution in [2.75, 3.05) is 11.5 Å². The zero-order valence-corrected chi connectivity index (χ0v) is 12.2. The lowest BCUT2D eigenvalue weighted by atomic mass is 10.0. The molecule has 18 heavy (non-hydrogen) atoms. The molecule has 0 radical (unpaired) electrons. The number of hydrogen-bond donors (Lipinski definition) is 0. The van der Waals surface area contributed by atoms with E-state index in [4.69, 9.17) is 0 Å². The zero-order valence-electron chi connectivity index (χ0n) is 11.4. The van der Waals surface area contributed by atoms with Gasteiger partial charge in [-0.3, -0.25) is 4.79 Å². The van der Waals surface area contributed by atoms with E-state index in [0.717, 1.165) is 11.1 Å². The Morgan fingerprint density at radius 3 is 2.28 bits per heavy atom. The van der Waals surface area contributed by atoms with Gasteiger partial charge in [0.2, 0.25) is 0 Å². The van der Waals surface area contributed by atoms with Crippen LogP contribution in [0.3, 0.4) is 0 Å². The highest BCUT2D eigenvalue weighted by Gasteiger charge is 2.19. The van der Waals surface area contributed by atoms with Gasteiger partial charge >= 0.3 is 0 Å². The topological polar surface area (TPSA) is 51.2 Å². The van der Waals surface area contributed by atoms with Crippen LogP contribution < -0.4 is 0 Å². The maximum absolute atomic E-state index is 11.9. The Balaban J connectivity index is 2.86. The van der Waals surface area contributed by atoms with Crippen LogP contribution in [-0.2, 0) is 9.84 Å². The summed E-state index contributed by atoms with van der Waals surface area (Å²) in [5, 5.41) is 0. The van der Waals surface area contributed by atoms with Crippen molar-refractivity contribution in [2.24, 2.45) is 5.92 Å². The lowest BCUT2D eigenvalue weighted by molar-refractivity contribution is 0.102. The summed E-state index contributed by atoms with van der Waals surface area (Å²) < 4.78 is 23.5.